The van der Waals surface area contributed by atoms with Gasteiger partial charge in [0.05, 0.1) is 12.1 Å². The highest BCUT2D eigenvalue weighted by Crippen LogP contribution is 2.18. The number of nitrogens with one attached hydrogen (secondary N) is 2. The van der Waals surface area contributed by atoms with Crippen molar-refractivity contribution in [1.82, 2.24) is 9.97 Å². The van der Waals surface area contributed by atoms with E-state index in [1.807, 2.05) is 24.3 Å². The van der Waals surface area contributed by atoms with Gasteiger partial charge in [-0.1, -0.05) is 24.3 Å². The second-order valence-corrected chi connectivity index (χ2v) is 5.28. The molecule has 3 rings (SSSR count). The smallest absolute Gasteiger partial charge is 0.243 e. The summed E-state index contributed by atoms with van der Waals surface area (Å²) < 4.78 is 0. The molecule has 1 aromatic heterocycles. The lowest BCUT2D eigenvalue weighted by molar-refractivity contribution is -0.114. The summed E-state index contributed by atoms with van der Waals surface area (Å²) in [6.45, 7) is 1.55. The van der Waals surface area contributed by atoms with Crippen LogP contribution in [0.3, 0.4) is 0 Å². The molecule has 0 unspecified atom stereocenters. The number of amides is 1. The Morgan fingerprint density at radius 2 is 1.88 bits per heavy atom. The van der Waals surface area contributed by atoms with Crippen molar-refractivity contribution >= 4 is 34.1 Å². The summed E-state index contributed by atoms with van der Waals surface area (Å²) in [7, 11) is 0. The number of fused-ring (bicyclic) bond motifs is 1. The first kappa shape index (κ1) is 15.6. The van der Waals surface area contributed by atoms with Crippen LogP contribution < -0.4 is 10.6 Å². The number of carbonyl (C=O) groups excluding carboxylic acids is 2. The predicted molar refractivity (Wildman–Crippen MR) is 93.1 cm³/mol. The molecule has 0 aliphatic heterocycles. The average Bonchev–Trinajstić information content (AvgIpc) is 2.60. The van der Waals surface area contributed by atoms with E-state index < -0.39 is 0 Å². The maximum atomic E-state index is 12.1. The summed E-state index contributed by atoms with van der Waals surface area (Å²) in [6, 6.07) is 14.4. The number of rotatable bonds is 5. The zero-order chi connectivity index (χ0) is 16.9. The highest BCUT2D eigenvalue weighted by Gasteiger charge is 2.07. The summed E-state index contributed by atoms with van der Waals surface area (Å²) in [5.41, 5.74) is 1.95. The van der Waals surface area contributed by atoms with Crippen LogP contribution in [0.25, 0.3) is 10.9 Å². The topological polar surface area (TPSA) is 84.0 Å². The number of carbonyl (C=O) groups is 2. The Hall–Kier alpha value is -3.28. The molecule has 6 nitrogen and oxygen atoms in total. The standard InChI is InChI=1S/C18H16N4O2/c1-12(23)13-5-4-6-14(9-13)22-17(24)10-19-18-15-7-2-3-8-16(15)20-11-21-18/h2-9,11H,10H2,1H3,(H,22,24)(H,19,20,21). The van der Waals surface area contributed by atoms with E-state index in [1.54, 1.807) is 24.3 Å². The van der Waals surface area contributed by atoms with E-state index in [1.165, 1.54) is 13.3 Å². The molecule has 0 aliphatic rings. The van der Waals surface area contributed by atoms with Crippen LogP contribution in [0.4, 0.5) is 11.5 Å². The van der Waals surface area contributed by atoms with Gasteiger partial charge >= 0.3 is 0 Å². The SMILES string of the molecule is CC(=O)c1cccc(NC(=O)CNc2ncnc3ccccc23)c1. The molecule has 0 radical (unpaired) electrons. The maximum absolute atomic E-state index is 12.1. The van der Waals surface area contributed by atoms with Gasteiger partial charge in [-0.25, -0.2) is 9.97 Å². The second kappa shape index (κ2) is 6.87. The minimum atomic E-state index is -0.224. The summed E-state index contributed by atoms with van der Waals surface area (Å²) in [6.07, 6.45) is 1.46. The van der Waals surface area contributed by atoms with Crippen LogP contribution in [0.2, 0.25) is 0 Å². The zero-order valence-electron chi connectivity index (χ0n) is 13.1. The Balaban J connectivity index is 1.67. The maximum Gasteiger partial charge on any atom is 0.243 e. The molecule has 2 N–H and O–H groups in total. The quantitative estimate of drug-likeness (QED) is 0.706. The van der Waals surface area contributed by atoms with Crippen molar-refractivity contribution in [3.63, 3.8) is 0 Å². The summed E-state index contributed by atoms with van der Waals surface area (Å²) in [5.74, 6) is 0.336. The van der Waals surface area contributed by atoms with Crippen LogP contribution in [0.5, 0.6) is 0 Å². The third-order valence-corrected chi connectivity index (χ3v) is 3.51. The van der Waals surface area contributed by atoms with Gasteiger partial charge in [-0.15, -0.1) is 0 Å². The van der Waals surface area contributed by atoms with Gasteiger partial charge in [0.1, 0.15) is 12.1 Å². The number of anilines is 2. The van der Waals surface area contributed by atoms with Gasteiger partial charge in [-0.3, -0.25) is 9.59 Å². The van der Waals surface area contributed by atoms with Crippen molar-refractivity contribution in [3.8, 4) is 0 Å². The van der Waals surface area contributed by atoms with Crippen molar-refractivity contribution in [3.05, 3.63) is 60.4 Å². The Labute approximate surface area is 138 Å². The van der Waals surface area contributed by atoms with Gasteiger partial charge in [-0.2, -0.15) is 0 Å². The first-order chi connectivity index (χ1) is 11.6. The number of ketones is 1. The first-order valence-electron chi connectivity index (χ1n) is 7.48. The summed E-state index contributed by atoms with van der Waals surface area (Å²) in [5, 5.41) is 6.63. The van der Waals surface area contributed by atoms with Crippen LogP contribution in [0.15, 0.2) is 54.9 Å². The van der Waals surface area contributed by atoms with Gasteiger partial charge in [0.25, 0.3) is 0 Å². The minimum absolute atomic E-state index is 0.0447. The van der Waals surface area contributed by atoms with E-state index in [-0.39, 0.29) is 18.2 Å². The van der Waals surface area contributed by atoms with Gasteiger partial charge in [0, 0.05) is 16.6 Å². The van der Waals surface area contributed by atoms with Crippen LogP contribution >= 0.6 is 0 Å². The monoisotopic (exact) mass is 320 g/mol. The molecule has 0 atom stereocenters. The van der Waals surface area contributed by atoms with E-state index in [0.717, 1.165) is 10.9 Å². The molecule has 24 heavy (non-hydrogen) atoms. The lowest BCUT2D eigenvalue weighted by Gasteiger charge is -2.09. The highest BCUT2D eigenvalue weighted by atomic mass is 16.2. The largest absolute Gasteiger partial charge is 0.360 e. The van der Waals surface area contributed by atoms with Gasteiger partial charge in [-0.05, 0) is 31.2 Å². The van der Waals surface area contributed by atoms with Crippen LogP contribution in [-0.2, 0) is 4.79 Å². The molecule has 0 saturated carbocycles. The number of nitrogens with zero attached hydrogens (tertiary/aromatic N) is 2. The van der Waals surface area contributed by atoms with E-state index in [4.69, 9.17) is 0 Å². The van der Waals surface area contributed by atoms with Crippen molar-refractivity contribution in [2.45, 2.75) is 6.92 Å². The van der Waals surface area contributed by atoms with Crippen molar-refractivity contribution in [2.24, 2.45) is 0 Å². The number of aromatic nitrogens is 2. The number of para-hydroxylation sites is 1. The fourth-order valence-corrected chi connectivity index (χ4v) is 2.33. The molecule has 1 heterocycles. The normalized spacial score (nSPS) is 10.4. The van der Waals surface area contributed by atoms with E-state index >= 15 is 0 Å². The Morgan fingerprint density at radius 1 is 1.04 bits per heavy atom. The number of Topliss-reactive ketones (excluding diaryl/α,β-unsaturated/α-hetero) is 1. The van der Waals surface area contributed by atoms with Gasteiger partial charge in [0.15, 0.2) is 5.78 Å². The number of hydrogen-bond acceptors (Lipinski definition) is 5. The van der Waals surface area contributed by atoms with Gasteiger partial charge < -0.3 is 10.6 Å². The molecule has 1 amide bonds. The fourth-order valence-electron chi connectivity index (χ4n) is 2.33. The van der Waals surface area contributed by atoms with E-state index in [0.29, 0.717) is 17.1 Å². The Bertz CT molecular complexity index is 903. The molecular formula is C18H16N4O2. The average molecular weight is 320 g/mol. The Kier molecular flexibility index (Phi) is 4.47. The summed E-state index contributed by atoms with van der Waals surface area (Å²) in [4.78, 5) is 31.8. The lowest BCUT2D eigenvalue weighted by Crippen LogP contribution is -2.22. The number of hydrogen-bond donors (Lipinski definition) is 2. The van der Waals surface area contributed by atoms with Gasteiger partial charge in [0.2, 0.25) is 5.91 Å². The number of benzene rings is 2. The molecule has 2 aromatic carbocycles. The molecule has 0 fully saturated rings. The van der Waals surface area contributed by atoms with Crippen LogP contribution in [0, 0.1) is 0 Å². The molecule has 120 valence electrons. The van der Waals surface area contributed by atoms with Crippen LogP contribution in [0.1, 0.15) is 17.3 Å². The first-order valence-corrected chi connectivity index (χ1v) is 7.48. The molecular weight excluding hydrogens is 304 g/mol. The molecule has 6 heteroatoms. The molecule has 0 spiro atoms. The molecule has 0 aliphatic carbocycles. The van der Waals surface area contributed by atoms with Crippen molar-refractivity contribution < 1.29 is 9.59 Å². The molecule has 0 bridgehead atoms. The predicted octanol–water partition coefficient (Wildman–Crippen LogP) is 2.88. The summed E-state index contributed by atoms with van der Waals surface area (Å²) >= 11 is 0. The van der Waals surface area contributed by atoms with E-state index in [9.17, 15) is 9.59 Å². The van der Waals surface area contributed by atoms with Crippen molar-refractivity contribution in [1.29, 1.82) is 0 Å². The van der Waals surface area contributed by atoms with Crippen LogP contribution in [-0.4, -0.2) is 28.2 Å². The second-order valence-electron chi connectivity index (χ2n) is 5.28. The highest BCUT2D eigenvalue weighted by molar-refractivity contribution is 5.98. The fraction of sp³-hybridized carbons (Fsp3) is 0.111. The third kappa shape index (κ3) is 3.55. The molecule has 3 aromatic rings. The molecule has 0 saturated heterocycles. The van der Waals surface area contributed by atoms with Crippen molar-refractivity contribution in [2.75, 3.05) is 17.2 Å². The third-order valence-electron chi connectivity index (χ3n) is 3.51. The Morgan fingerprint density at radius 3 is 2.71 bits per heavy atom. The van der Waals surface area contributed by atoms with E-state index in [2.05, 4.69) is 20.6 Å². The lowest BCUT2D eigenvalue weighted by atomic mass is 10.1. The minimum Gasteiger partial charge on any atom is -0.360 e. The zero-order valence-corrected chi connectivity index (χ0v) is 13.1.